The molecule has 116 valence electrons. The first-order chi connectivity index (χ1) is 9.97. The van der Waals surface area contributed by atoms with E-state index in [2.05, 4.69) is 0 Å². The Hall–Kier alpha value is -2.24. The van der Waals surface area contributed by atoms with Crippen molar-refractivity contribution in [3.8, 4) is 5.75 Å². The lowest BCUT2D eigenvalue weighted by Gasteiger charge is -2.22. The van der Waals surface area contributed by atoms with Crippen LogP contribution in [0.4, 0.5) is 5.69 Å². The van der Waals surface area contributed by atoms with E-state index in [0.717, 1.165) is 0 Å². The van der Waals surface area contributed by atoms with E-state index < -0.39 is 12.1 Å². The van der Waals surface area contributed by atoms with Crippen molar-refractivity contribution in [3.05, 3.63) is 24.3 Å². The van der Waals surface area contributed by atoms with E-state index in [4.69, 9.17) is 15.2 Å². The Kier molecular flexibility index (Phi) is 6.52. The number of anilines is 1. The summed E-state index contributed by atoms with van der Waals surface area (Å²) in [7, 11) is 0. The average Bonchev–Trinajstić information content (AvgIpc) is 2.46. The number of esters is 1. The minimum absolute atomic E-state index is 0.211. The number of ether oxygens (including phenoxy) is 2. The highest BCUT2D eigenvalue weighted by atomic mass is 16.6. The molecule has 1 aromatic rings. The Labute approximate surface area is 124 Å². The fraction of sp³-hybridized carbons (Fsp3) is 0.467. The maximum Gasteiger partial charge on any atom is 0.344 e. The predicted octanol–water partition coefficient (Wildman–Crippen LogP) is 1.45. The minimum Gasteiger partial charge on any atom is -0.482 e. The van der Waals surface area contributed by atoms with Crippen LogP contribution in [0.3, 0.4) is 0 Å². The van der Waals surface area contributed by atoms with Gasteiger partial charge < -0.3 is 20.1 Å². The summed E-state index contributed by atoms with van der Waals surface area (Å²) < 4.78 is 10.3. The number of carbonyl (C=O) groups excluding carboxylic acids is 2. The van der Waals surface area contributed by atoms with Crippen LogP contribution in [0.5, 0.6) is 5.75 Å². The molecule has 6 heteroatoms. The summed E-state index contributed by atoms with van der Waals surface area (Å²) in [5.41, 5.74) is 6.15. The molecule has 0 bridgehead atoms. The molecule has 2 N–H and O–H groups in total. The lowest BCUT2D eigenvalue weighted by Crippen LogP contribution is -2.40. The zero-order valence-electron chi connectivity index (χ0n) is 12.7. The van der Waals surface area contributed by atoms with Crippen LogP contribution < -0.4 is 10.5 Å². The van der Waals surface area contributed by atoms with Gasteiger partial charge in [0.1, 0.15) is 5.75 Å². The molecule has 0 fully saturated rings. The van der Waals surface area contributed by atoms with Gasteiger partial charge in [-0.1, -0.05) is 6.07 Å². The monoisotopic (exact) mass is 294 g/mol. The lowest BCUT2D eigenvalue weighted by atomic mass is 10.3. The zero-order chi connectivity index (χ0) is 15.8. The van der Waals surface area contributed by atoms with Crippen LogP contribution in [0.15, 0.2) is 24.3 Å². The molecule has 1 amide bonds. The van der Waals surface area contributed by atoms with Crippen molar-refractivity contribution in [1.82, 2.24) is 4.90 Å². The van der Waals surface area contributed by atoms with Crippen LogP contribution in [-0.4, -0.2) is 42.6 Å². The average molecular weight is 294 g/mol. The fourth-order valence-corrected chi connectivity index (χ4v) is 1.82. The van der Waals surface area contributed by atoms with E-state index in [9.17, 15) is 9.59 Å². The molecule has 0 spiro atoms. The van der Waals surface area contributed by atoms with E-state index in [-0.39, 0.29) is 12.5 Å². The molecule has 0 saturated carbocycles. The minimum atomic E-state index is -0.818. The van der Waals surface area contributed by atoms with Gasteiger partial charge in [0, 0.05) is 24.8 Å². The molecule has 0 aliphatic rings. The summed E-state index contributed by atoms with van der Waals surface area (Å²) >= 11 is 0. The van der Waals surface area contributed by atoms with Crippen molar-refractivity contribution >= 4 is 17.6 Å². The maximum absolute atomic E-state index is 12.0. The van der Waals surface area contributed by atoms with E-state index in [0.29, 0.717) is 24.5 Å². The standard InChI is InChI=1S/C15H22N2O4/c1-4-17(5-2)15(19)11(3)21-14(18)10-20-13-8-6-7-12(16)9-13/h6-9,11H,4-5,10,16H2,1-3H3. The highest BCUT2D eigenvalue weighted by Gasteiger charge is 2.22. The van der Waals surface area contributed by atoms with Gasteiger partial charge in [0.05, 0.1) is 0 Å². The first kappa shape index (κ1) is 16.8. The number of hydrogen-bond acceptors (Lipinski definition) is 5. The molecule has 0 radical (unpaired) electrons. The Balaban J connectivity index is 2.44. The number of benzene rings is 1. The molecule has 6 nitrogen and oxygen atoms in total. The van der Waals surface area contributed by atoms with Gasteiger partial charge in [0.25, 0.3) is 5.91 Å². The smallest absolute Gasteiger partial charge is 0.344 e. The fourth-order valence-electron chi connectivity index (χ4n) is 1.82. The second-order valence-electron chi connectivity index (χ2n) is 4.50. The summed E-state index contributed by atoms with van der Waals surface area (Å²) in [4.78, 5) is 25.2. The highest BCUT2D eigenvalue weighted by molar-refractivity contribution is 5.83. The van der Waals surface area contributed by atoms with Crippen molar-refractivity contribution in [2.75, 3.05) is 25.4 Å². The molecular formula is C15H22N2O4. The Morgan fingerprint density at radius 3 is 2.52 bits per heavy atom. The highest BCUT2D eigenvalue weighted by Crippen LogP contribution is 2.14. The molecule has 21 heavy (non-hydrogen) atoms. The number of rotatable bonds is 7. The van der Waals surface area contributed by atoms with Crippen LogP contribution in [0.1, 0.15) is 20.8 Å². The van der Waals surface area contributed by atoms with Gasteiger partial charge in [-0.25, -0.2) is 4.79 Å². The summed E-state index contributed by atoms with van der Waals surface area (Å²) in [6, 6.07) is 6.74. The van der Waals surface area contributed by atoms with Crippen LogP contribution in [0.2, 0.25) is 0 Å². The third-order valence-electron chi connectivity index (χ3n) is 2.95. The van der Waals surface area contributed by atoms with Gasteiger partial charge in [0.15, 0.2) is 12.7 Å². The molecular weight excluding hydrogens is 272 g/mol. The van der Waals surface area contributed by atoms with E-state index in [1.54, 1.807) is 36.1 Å². The third-order valence-corrected chi connectivity index (χ3v) is 2.95. The van der Waals surface area contributed by atoms with Crippen LogP contribution >= 0.6 is 0 Å². The SMILES string of the molecule is CCN(CC)C(=O)C(C)OC(=O)COc1cccc(N)c1. The Morgan fingerprint density at radius 2 is 1.95 bits per heavy atom. The van der Waals surface area contributed by atoms with Crippen molar-refractivity contribution in [3.63, 3.8) is 0 Å². The van der Waals surface area contributed by atoms with E-state index in [1.165, 1.54) is 0 Å². The second kappa shape index (κ2) is 8.14. The van der Waals surface area contributed by atoms with Crippen molar-refractivity contribution < 1.29 is 19.1 Å². The maximum atomic E-state index is 12.0. The summed E-state index contributed by atoms with van der Waals surface area (Å²) in [6.07, 6.45) is -0.818. The van der Waals surface area contributed by atoms with E-state index in [1.807, 2.05) is 13.8 Å². The quantitative estimate of drug-likeness (QED) is 0.608. The van der Waals surface area contributed by atoms with Crippen molar-refractivity contribution in [2.24, 2.45) is 0 Å². The van der Waals surface area contributed by atoms with Gasteiger partial charge in [-0.15, -0.1) is 0 Å². The zero-order valence-corrected chi connectivity index (χ0v) is 12.7. The summed E-state index contributed by atoms with van der Waals surface area (Å²) in [5.74, 6) is -0.322. The number of nitrogens with two attached hydrogens (primary N) is 1. The predicted molar refractivity (Wildman–Crippen MR) is 79.8 cm³/mol. The molecule has 1 rings (SSSR count). The number of nitrogen functional groups attached to an aromatic ring is 1. The number of carbonyl (C=O) groups is 2. The first-order valence-electron chi connectivity index (χ1n) is 6.94. The van der Waals surface area contributed by atoms with Crippen molar-refractivity contribution in [2.45, 2.75) is 26.9 Å². The molecule has 0 aliphatic heterocycles. The van der Waals surface area contributed by atoms with Gasteiger partial charge in [-0.2, -0.15) is 0 Å². The molecule has 1 aromatic carbocycles. The van der Waals surface area contributed by atoms with Gasteiger partial charge in [0.2, 0.25) is 0 Å². The van der Waals surface area contributed by atoms with Gasteiger partial charge in [-0.05, 0) is 32.9 Å². The Morgan fingerprint density at radius 1 is 1.29 bits per heavy atom. The number of likely N-dealkylation sites (N-methyl/N-ethyl adjacent to an activating group) is 1. The third kappa shape index (κ3) is 5.33. The second-order valence-corrected chi connectivity index (χ2v) is 4.50. The number of amides is 1. The lowest BCUT2D eigenvalue weighted by molar-refractivity contribution is -0.160. The molecule has 0 aromatic heterocycles. The van der Waals surface area contributed by atoms with Crippen LogP contribution in [0, 0.1) is 0 Å². The molecule has 0 aliphatic carbocycles. The molecule has 0 saturated heterocycles. The van der Waals surface area contributed by atoms with Crippen LogP contribution in [-0.2, 0) is 14.3 Å². The first-order valence-corrected chi connectivity index (χ1v) is 6.94. The van der Waals surface area contributed by atoms with E-state index >= 15 is 0 Å². The van der Waals surface area contributed by atoms with Gasteiger partial charge in [-0.3, -0.25) is 4.79 Å². The summed E-state index contributed by atoms with van der Waals surface area (Å²) in [6.45, 7) is 6.20. The number of nitrogens with zero attached hydrogens (tertiary/aromatic N) is 1. The summed E-state index contributed by atoms with van der Waals surface area (Å²) in [5, 5.41) is 0. The molecule has 1 atom stereocenters. The van der Waals surface area contributed by atoms with Gasteiger partial charge >= 0.3 is 5.97 Å². The topological polar surface area (TPSA) is 81.9 Å². The molecule has 0 heterocycles. The Bertz CT molecular complexity index is 486. The molecule has 1 unspecified atom stereocenters. The normalized spacial score (nSPS) is 11.6. The van der Waals surface area contributed by atoms with Crippen LogP contribution in [0.25, 0.3) is 0 Å². The largest absolute Gasteiger partial charge is 0.482 e. The van der Waals surface area contributed by atoms with Crippen molar-refractivity contribution in [1.29, 1.82) is 0 Å². The number of hydrogen-bond donors (Lipinski definition) is 1.